The van der Waals surface area contributed by atoms with Crippen molar-refractivity contribution in [2.45, 2.75) is 57.9 Å². The van der Waals surface area contributed by atoms with Crippen LogP contribution in [0.15, 0.2) is 24.3 Å². The van der Waals surface area contributed by atoms with E-state index in [2.05, 4.69) is 17.1 Å². The SMILES string of the molecule is CCCOc1nc2ccccc2nc1N1CCC[C@H](C(=O)NC2CCCC2)C1. The summed E-state index contributed by atoms with van der Waals surface area (Å²) in [6, 6.07) is 8.24. The van der Waals surface area contributed by atoms with Gasteiger partial charge in [0, 0.05) is 19.1 Å². The van der Waals surface area contributed by atoms with Gasteiger partial charge in [0.25, 0.3) is 5.88 Å². The summed E-state index contributed by atoms with van der Waals surface area (Å²) in [5, 5.41) is 3.27. The van der Waals surface area contributed by atoms with E-state index in [1.165, 1.54) is 12.8 Å². The van der Waals surface area contributed by atoms with Crippen molar-refractivity contribution in [1.29, 1.82) is 0 Å². The quantitative estimate of drug-likeness (QED) is 0.825. The lowest BCUT2D eigenvalue weighted by Gasteiger charge is -2.34. The van der Waals surface area contributed by atoms with Gasteiger partial charge in [-0.05, 0) is 44.2 Å². The molecule has 0 unspecified atom stereocenters. The molecule has 4 rings (SSSR count). The first-order chi connectivity index (χ1) is 13.7. The summed E-state index contributed by atoms with van der Waals surface area (Å²) in [5.74, 6) is 1.55. The molecular formula is C22H30N4O2. The fraction of sp³-hybridized carbons (Fsp3) is 0.591. The van der Waals surface area contributed by atoms with E-state index in [1.54, 1.807) is 0 Å². The fourth-order valence-corrected chi connectivity index (χ4v) is 4.25. The van der Waals surface area contributed by atoms with Gasteiger partial charge in [-0.1, -0.05) is 31.9 Å². The van der Waals surface area contributed by atoms with E-state index >= 15 is 0 Å². The molecule has 0 radical (unpaired) electrons. The molecule has 2 fully saturated rings. The lowest BCUT2D eigenvalue weighted by Crippen LogP contribution is -2.45. The van der Waals surface area contributed by atoms with Crippen LogP contribution in [0.3, 0.4) is 0 Å². The van der Waals surface area contributed by atoms with Gasteiger partial charge in [0.05, 0.1) is 23.6 Å². The van der Waals surface area contributed by atoms with Gasteiger partial charge in [0.2, 0.25) is 5.91 Å². The number of hydrogen-bond acceptors (Lipinski definition) is 5. The molecule has 1 aliphatic heterocycles. The predicted molar refractivity (Wildman–Crippen MR) is 111 cm³/mol. The summed E-state index contributed by atoms with van der Waals surface area (Å²) in [5.41, 5.74) is 1.70. The second kappa shape index (κ2) is 8.76. The maximum atomic E-state index is 12.8. The number of para-hydroxylation sites is 2. The number of carbonyl (C=O) groups is 1. The van der Waals surface area contributed by atoms with Crippen LogP contribution in [0, 0.1) is 5.92 Å². The zero-order chi connectivity index (χ0) is 19.3. The number of amides is 1. The Morgan fingerprint density at radius 3 is 2.64 bits per heavy atom. The van der Waals surface area contributed by atoms with Gasteiger partial charge >= 0.3 is 0 Å². The molecule has 0 bridgehead atoms. The third kappa shape index (κ3) is 4.21. The Labute approximate surface area is 166 Å². The van der Waals surface area contributed by atoms with Gasteiger partial charge in [-0.3, -0.25) is 4.79 Å². The second-order valence-corrected chi connectivity index (χ2v) is 7.96. The van der Waals surface area contributed by atoms with Crippen LogP contribution in [-0.2, 0) is 4.79 Å². The van der Waals surface area contributed by atoms with Gasteiger partial charge < -0.3 is 15.0 Å². The zero-order valence-corrected chi connectivity index (χ0v) is 16.7. The minimum atomic E-state index is 0.00152. The summed E-state index contributed by atoms with van der Waals surface area (Å²) in [6.07, 6.45) is 7.52. The standard InChI is InChI=1S/C22H30N4O2/c1-2-14-28-22-20(24-18-11-5-6-12-19(18)25-22)26-13-7-8-16(15-26)21(27)23-17-9-3-4-10-17/h5-6,11-12,16-17H,2-4,7-10,13-15H2,1H3,(H,23,27)/t16-/m0/s1. The highest BCUT2D eigenvalue weighted by molar-refractivity contribution is 5.81. The maximum absolute atomic E-state index is 12.8. The van der Waals surface area contributed by atoms with E-state index in [4.69, 9.17) is 14.7 Å². The van der Waals surface area contributed by atoms with Crippen molar-refractivity contribution in [1.82, 2.24) is 15.3 Å². The first-order valence-electron chi connectivity index (χ1n) is 10.7. The summed E-state index contributed by atoms with van der Waals surface area (Å²) >= 11 is 0. The summed E-state index contributed by atoms with van der Waals surface area (Å²) < 4.78 is 5.94. The van der Waals surface area contributed by atoms with Crippen LogP contribution >= 0.6 is 0 Å². The van der Waals surface area contributed by atoms with E-state index in [0.29, 0.717) is 25.1 Å². The number of rotatable bonds is 6. The van der Waals surface area contributed by atoms with Crippen molar-refractivity contribution in [3.63, 3.8) is 0 Å². The normalized spacial score (nSPS) is 20.5. The molecule has 6 nitrogen and oxygen atoms in total. The number of aromatic nitrogens is 2. The van der Waals surface area contributed by atoms with E-state index in [0.717, 1.165) is 55.5 Å². The molecule has 1 aromatic heterocycles. The molecule has 1 atom stereocenters. The third-order valence-electron chi connectivity index (χ3n) is 5.76. The Kier molecular flexibility index (Phi) is 5.93. The highest BCUT2D eigenvalue weighted by atomic mass is 16.5. The van der Waals surface area contributed by atoms with Crippen molar-refractivity contribution in [3.8, 4) is 5.88 Å². The van der Waals surface area contributed by atoms with Gasteiger partial charge in [0.15, 0.2) is 5.82 Å². The number of anilines is 1. The molecule has 1 saturated carbocycles. The molecule has 2 heterocycles. The van der Waals surface area contributed by atoms with E-state index < -0.39 is 0 Å². The number of nitrogens with one attached hydrogen (secondary N) is 1. The molecule has 1 saturated heterocycles. The third-order valence-corrected chi connectivity index (χ3v) is 5.76. The van der Waals surface area contributed by atoms with Gasteiger partial charge in [0.1, 0.15) is 0 Å². The Bertz CT molecular complexity index is 819. The number of ether oxygens (including phenoxy) is 1. The zero-order valence-electron chi connectivity index (χ0n) is 16.7. The maximum Gasteiger partial charge on any atom is 0.258 e. The van der Waals surface area contributed by atoms with Crippen LogP contribution in [0.2, 0.25) is 0 Å². The molecule has 1 aromatic carbocycles. The largest absolute Gasteiger partial charge is 0.475 e. The first kappa shape index (κ1) is 19.0. The van der Waals surface area contributed by atoms with Gasteiger partial charge in [-0.25, -0.2) is 9.97 Å². The number of piperidine rings is 1. The van der Waals surface area contributed by atoms with Crippen LogP contribution in [0.1, 0.15) is 51.9 Å². The van der Waals surface area contributed by atoms with Crippen molar-refractivity contribution in [3.05, 3.63) is 24.3 Å². The van der Waals surface area contributed by atoms with Crippen molar-refractivity contribution >= 4 is 22.8 Å². The van der Waals surface area contributed by atoms with E-state index in [-0.39, 0.29) is 11.8 Å². The Morgan fingerprint density at radius 1 is 1.14 bits per heavy atom. The number of carbonyl (C=O) groups excluding carboxylic acids is 1. The fourth-order valence-electron chi connectivity index (χ4n) is 4.25. The van der Waals surface area contributed by atoms with Gasteiger partial charge in [-0.2, -0.15) is 0 Å². The molecule has 28 heavy (non-hydrogen) atoms. The molecule has 1 aliphatic carbocycles. The van der Waals surface area contributed by atoms with Crippen LogP contribution in [0.5, 0.6) is 5.88 Å². The van der Waals surface area contributed by atoms with Crippen LogP contribution in [-0.4, -0.2) is 41.6 Å². The van der Waals surface area contributed by atoms with Gasteiger partial charge in [-0.15, -0.1) is 0 Å². The van der Waals surface area contributed by atoms with E-state index in [9.17, 15) is 4.79 Å². The number of hydrogen-bond donors (Lipinski definition) is 1. The molecule has 1 amide bonds. The van der Waals surface area contributed by atoms with Crippen LogP contribution in [0.4, 0.5) is 5.82 Å². The average molecular weight is 383 g/mol. The minimum Gasteiger partial charge on any atom is -0.475 e. The Hall–Kier alpha value is -2.37. The molecular weight excluding hydrogens is 352 g/mol. The van der Waals surface area contributed by atoms with Crippen molar-refractivity contribution < 1.29 is 9.53 Å². The molecule has 2 aliphatic rings. The number of nitrogens with zero attached hydrogens (tertiary/aromatic N) is 3. The lowest BCUT2D eigenvalue weighted by atomic mass is 9.96. The Balaban J connectivity index is 1.54. The predicted octanol–water partition coefficient (Wildman–Crippen LogP) is 3.69. The topological polar surface area (TPSA) is 67.4 Å². The molecule has 2 aromatic rings. The average Bonchev–Trinajstić information content (AvgIpc) is 3.24. The second-order valence-electron chi connectivity index (χ2n) is 7.96. The molecule has 6 heteroatoms. The minimum absolute atomic E-state index is 0.00152. The highest BCUT2D eigenvalue weighted by Crippen LogP contribution is 2.31. The number of benzene rings is 1. The monoisotopic (exact) mass is 382 g/mol. The summed E-state index contributed by atoms with van der Waals surface area (Å²) in [6.45, 7) is 4.24. The summed E-state index contributed by atoms with van der Waals surface area (Å²) in [4.78, 5) is 24.6. The van der Waals surface area contributed by atoms with E-state index in [1.807, 2.05) is 24.3 Å². The summed E-state index contributed by atoms with van der Waals surface area (Å²) in [7, 11) is 0. The Morgan fingerprint density at radius 2 is 1.89 bits per heavy atom. The molecule has 150 valence electrons. The van der Waals surface area contributed by atoms with Crippen molar-refractivity contribution in [2.75, 3.05) is 24.6 Å². The first-order valence-corrected chi connectivity index (χ1v) is 10.7. The number of fused-ring (bicyclic) bond motifs is 1. The molecule has 0 spiro atoms. The smallest absolute Gasteiger partial charge is 0.258 e. The van der Waals surface area contributed by atoms with Crippen molar-refractivity contribution in [2.24, 2.45) is 5.92 Å². The van der Waals surface area contributed by atoms with Crippen LogP contribution in [0.25, 0.3) is 11.0 Å². The van der Waals surface area contributed by atoms with Crippen LogP contribution < -0.4 is 15.0 Å². The lowest BCUT2D eigenvalue weighted by molar-refractivity contribution is -0.125. The highest BCUT2D eigenvalue weighted by Gasteiger charge is 2.30. The molecule has 1 N–H and O–H groups in total.